The maximum absolute atomic E-state index is 11.9. The summed E-state index contributed by atoms with van der Waals surface area (Å²) in [5.74, 6) is 1.02. The fraction of sp³-hybridized carbons (Fsp3) is 0.318. The van der Waals surface area contributed by atoms with Gasteiger partial charge in [0.1, 0.15) is 24.2 Å². The number of oxazole rings is 1. The fourth-order valence-corrected chi connectivity index (χ4v) is 4.40. The molecule has 0 bridgehead atoms. The van der Waals surface area contributed by atoms with Gasteiger partial charge in [0.05, 0.1) is 11.3 Å². The molecule has 1 amide bonds. The Bertz CT molecular complexity index is 1230. The number of primary amides is 1. The maximum atomic E-state index is 11.9. The van der Waals surface area contributed by atoms with E-state index in [-0.39, 0.29) is 11.9 Å². The van der Waals surface area contributed by atoms with Crippen molar-refractivity contribution < 1.29 is 18.7 Å². The van der Waals surface area contributed by atoms with Crippen molar-refractivity contribution in [3.05, 3.63) is 58.8 Å². The van der Waals surface area contributed by atoms with Crippen LogP contribution in [0.3, 0.4) is 0 Å². The third-order valence-electron chi connectivity index (χ3n) is 6.03. The Hall–Kier alpha value is -3.75. The monoisotopic (exact) mass is 419 g/mol. The van der Waals surface area contributed by atoms with Gasteiger partial charge in [-0.15, -0.1) is 0 Å². The Morgan fingerprint density at radius 3 is 3.00 bits per heavy atom. The van der Waals surface area contributed by atoms with Crippen molar-refractivity contribution in [3.8, 4) is 0 Å². The number of rotatable bonds is 5. The average Bonchev–Trinajstić information content (AvgIpc) is 3.42. The molecule has 2 aromatic rings. The molecule has 1 aromatic heterocycles. The predicted octanol–water partition coefficient (Wildman–Crippen LogP) is 2.17. The number of anilines is 1. The number of amides is 1. The van der Waals surface area contributed by atoms with Crippen LogP contribution < -0.4 is 11.5 Å². The topological polar surface area (TPSA) is 129 Å². The number of hydrogen-bond donors (Lipinski definition) is 2. The van der Waals surface area contributed by atoms with Gasteiger partial charge in [-0.05, 0) is 43.0 Å². The lowest BCUT2D eigenvalue weighted by molar-refractivity contribution is -0.128. The molecule has 4 aliphatic rings. The zero-order chi connectivity index (χ0) is 21.1. The Morgan fingerprint density at radius 1 is 1.32 bits per heavy atom. The van der Waals surface area contributed by atoms with Crippen LogP contribution in [0.4, 0.5) is 6.01 Å². The van der Waals surface area contributed by atoms with E-state index in [1.165, 1.54) is 5.57 Å². The normalized spacial score (nSPS) is 21.0. The highest BCUT2D eigenvalue weighted by molar-refractivity contribution is 6.04. The summed E-state index contributed by atoms with van der Waals surface area (Å²) in [6.07, 6.45) is 5.44. The SMILES string of the molecule is NC(=O)C(OC1=COCC2=C3C1=CN=C(c1ccc4oc(N)nc4c1)N3CC2)C1CC1. The summed E-state index contributed by atoms with van der Waals surface area (Å²) in [5, 5.41) is 0. The van der Waals surface area contributed by atoms with Crippen LogP contribution in [0, 0.1) is 5.92 Å². The number of nitrogens with zero attached hydrogens (tertiary/aromatic N) is 3. The van der Waals surface area contributed by atoms with Gasteiger partial charge in [-0.25, -0.2) is 4.99 Å². The van der Waals surface area contributed by atoms with Crippen molar-refractivity contribution in [1.29, 1.82) is 0 Å². The maximum Gasteiger partial charge on any atom is 0.292 e. The summed E-state index contributed by atoms with van der Waals surface area (Å²) in [6.45, 7) is 1.24. The van der Waals surface area contributed by atoms with E-state index in [4.69, 9.17) is 30.4 Å². The first-order valence-corrected chi connectivity index (χ1v) is 10.3. The molecule has 0 radical (unpaired) electrons. The third-order valence-corrected chi connectivity index (χ3v) is 6.03. The second-order valence-electron chi connectivity index (χ2n) is 8.16. The Balaban J connectivity index is 1.40. The van der Waals surface area contributed by atoms with E-state index < -0.39 is 12.0 Å². The molecule has 1 aliphatic carbocycles. The van der Waals surface area contributed by atoms with Gasteiger partial charge in [-0.3, -0.25) is 4.79 Å². The van der Waals surface area contributed by atoms with Crippen molar-refractivity contribution in [2.24, 2.45) is 16.6 Å². The molecular formula is C22H21N5O4. The molecule has 3 aliphatic heterocycles. The lowest BCUT2D eigenvalue weighted by Crippen LogP contribution is -2.35. The zero-order valence-electron chi connectivity index (χ0n) is 16.7. The van der Waals surface area contributed by atoms with Crippen molar-refractivity contribution in [2.45, 2.75) is 25.4 Å². The molecule has 1 saturated carbocycles. The summed E-state index contributed by atoms with van der Waals surface area (Å²) in [6, 6.07) is 5.85. The number of nitrogens with two attached hydrogens (primary N) is 2. The summed E-state index contributed by atoms with van der Waals surface area (Å²) in [7, 11) is 0. The number of carbonyl (C=O) groups is 1. The molecule has 6 rings (SSSR count). The van der Waals surface area contributed by atoms with Gasteiger partial charge in [-0.1, -0.05) is 0 Å². The van der Waals surface area contributed by atoms with Gasteiger partial charge in [0.2, 0.25) is 0 Å². The van der Waals surface area contributed by atoms with E-state index in [9.17, 15) is 4.79 Å². The number of hydrogen-bond acceptors (Lipinski definition) is 8. The number of carbonyl (C=O) groups excluding carboxylic acids is 1. The molecule has 1 fully saturated rings. The molecule has 9 heteroatoms. The largest absolute Gasteiger partial charge is 0.493 e. The number of ether oxygens (including phenoxy) is 2. The number of amidine groups is 1. The highest BCUT2D eigenvalue weighted by atomic mass is 16.5. The Morgan fingerprint density at radius 2 is 2.19 bits per heavy atom. The van der Waals surface area contributed by atoms with Crippen molar-refractivity contribution in [3.63, 3.8) is 0 Å². The van der Waals surface area contributed by atoms with Crippen LogP contribution in [0.2, 0.25) is 0 Å². The summed E-state index contributed by atoms with van der Waals surface area (Å²) >= 11 is 0. The smallest absolute Gasteiger partial charge is 0.292 e. The first-order valence-electron chi connectivity index (χ1n) is 10.3. The summed E-state index contributed by atoms with van der Waals surface area (Å²) < 4.78 is 17.2. The molecular weight excluding hydrogens is 398 g/mol. The quantitative estimate of drug-likeness (QED) is 0.760. The second kappa shape index (κ2) is 6.63. The molecule has 9 nitrogen and oxygen atoms in total. The van der Waals surface area contributed by atoms with E-state index in [0.717, 1.165) is 48.5 Å². The molecule has 1 aromatic carbocycles. The lowest BCUT2D eigenvalue weighted by Gasteiger charge is -2.30. The number of benzene rings is 1. The molecule has 4 N–H and O–H groups in total. The van der Waals surface area contributed by atoms with E-state index in [2.05, 4.69) is 9.88 Å². The number of nitrogen functional groups attached to an aromatic ring is 1. The van der Waals surface area contributed by atoms with Gasteiger partial charge in [0, 0.05) is 24.2 Å². The minimum atomic E-state index is -0.654. The van der Waals surface area contributed by atoms with Crippen molar-refractivity contribution in [1.82, 2.24) is 9.88 Å². The van der Waals surface area contributed by atoms with E-state index >= 15 is 0 Å². The minimum Gasteiger partial charge on any atom is -0.493 e. The highest BCUT2D eigenvalue weighted by Crippen LogP contribution is 2.41. The number of aromatic nitrogens is 1. The summed E-state index contributed by atoms with van der Waals surface area (Å²) in [4.78, 5) is 23.1. The van der Waals surface area contributed by atoms with E-state index in [1.807, 2.05) is 18.2 Å². The van der Waals surface area contributed by atoms with Crippen LogP contribution in [0.15, 0.2) is 62.7 Å². The van der Waals surface area contributed by atoms with Crippen LogP contribution in [-0.2, 0) is 14.3 Å². The first kappa shape index (κ1) is 18.1. The van der Waals surface area contributed by atoms with Gasteiger partial charge < -0.3 is 30.3 Å². The number of fused-ring (bicyclic) bond motifs is 1. The molecule has 0 spiro atoms. The first-order chi connectivity index (χ1) is 15.1. The molecule has 0 saturated heterocycles. The van der Waals surface area contributed by atoms with Crippen molar-refractivity contribution in [2.75, 3.05) is 18.9 Å². The molecule has 1 unspecified atom stereocenters. The Labute approximate surface area is 177 Å². The van der Waals surface area contributed by atoms with Gasteiger partial charge in [-0.2, -0.15) is 4.98 Å². The Kier molecular flexibility index (Phi) is 3.86. The van der Waals surface area contributed by atoms with Crippen molar-refractivity contribution >= 4 is 28.9 Å². The fourth-order valence-electron chi connectivity index (χ4n) is 4.40. The van der Waals surface area contributed by atoms with Gasteiger partial charge in [0.15, 0.2) is 17.4 Å². The average molecular weight is 419 g/mol. The zero-order valence-corrected chi connectivity index (χ0v) is 16.7. The van der Waals surface area contributed by atoms with E-state index in [1.54, 1.807) is 12.5 Å². The lowest BCUT2D eigenvalue weighted by atomic mass is 10.0. The number of aliphatic imine (C=N–C) groups is 1. The van der Waals surface area contributed by atoms with Gasteiger partial charge >= 0.3 is 0 Å². The molecule has 158 valence electrons. The predicted molar refractivity (Wildman–Crippen MR) is 112 cm³/mol. The van der Waals surface area contributed by atoms with Crippen LogP contribution in [0.5, 0.6) is 0 Å². The molecule has 1 atom stereocenters. The standard InChI is InChI=1S/C22H21N5O4/c23-20(28)19(11-1-2-11)30-17-10-29-9-13-5-6-27-18(13)14(17)8-25-21(27)12-3-4-16-15(7-12)26-22(24)31-16/h3-4,7-8,10-11,19H,1-2,5-6,9H2,(H2,23,28)(H2,24,26). The minimum absolute atomic E-state index is 0.138. The summed E-state index contributed by atoms with van der Waals surface area (Å²) in [5.41, 5.74) is 16.5. The van der Waals surface area contributed by atoms with Crippen LogP contribution in [0.1, 0.15) is 24.8 Å². The van der Waals surface area contributed by atoms with Crippen LogP contribution in [0.25, 0.3) is 11.1 Å². The highest BCUT2D eigenvalue weighted by Gasteiger charge is 2.40. The molecule has 4 heterocycles. The van der Waals surface area contributed by atoms with Crippen LogP contribution >= 0.6 is 0 Å². The van der Waals surface area contributed by atoms with Gasteiger partial charge in [0.25, 0.3) is 11.9 Å². The van der Waals surface area contributed by atoms with E-state index in [0.29, 0.717) is 23.5 Å². The molecule has 31 heavy (non-hydrogen) atoms. The second-order valence-corrected chi connectivity index (χ2v) is 8.16. The van der Waals surface area contributed by atoms with Crippen LogP contribution in [-0.4, -0.2) is 40.9 Å². The third kappa shape index (κ3) is 2.96.